The molecule has 0 radical (unpaired) electrons. The maximum absolute atomic E-state index is 6.23. The van der Waals surface area contributed by atoms with Gasteiger partial charge in [0.1, 0.15) is 5.75 Å². The van der Waals surface area contributed by atoms with Crippen molar-refractivity contribution in [2.45, 2.75) is 46.1 Å². The quantitative estimate of drug-likeness (QED) is 0.850. The minimum absolute atomic E-state index is 0.0130. The van der Waals surface area contributed by atoms with Gasteiger partial charge in [0.2, 0.25) is 0 Å². The van der Waals surface area contributed by atoms with E-state index in [-0.39, 0.29) is 6.04 Å². The predicted octanol–water partition coefficient (Wildman–Crippen LogP) is 4.56. The second kappa shape index (κ2) is 6.44. The van der Waals surface area contributed by atoms with Gasteiger partial charge in [-0.1, -0.05) is 38.8 Å². The zero-order valence-electron chi connectivity index (χ0n) is 11.8. The summed E-state index contributed by atoms with van der Waals surface area (Å²) in [7, 11) is 1.66. The van der Waals surface area contributed by atoms with Gasteiger partial charge in [0.15, 0.2) is 0 Å². The zero-order chi connectivity index (χ0) is 13.8. The summed E-state index contributed by atoms with van der Waals surface area (Å²) in [5.41, 5.74) is 7.59. The SMILES string of the molecule is COc1ccc(Cl)cc1C(N)CCCC(C)(C)C. The fourth-order valence-corrected chi connectivity index (χ4v) is 2.18. The van der Waals surface area contributed by atoms with E-state index >= 15 is 0 Å². The molecule has 1 atom stereocenters. The number of hydrogen-bond donors (Lipinski definition) is 1. The van der Waals surface area contributed by atoms with Crippen LogP contribution in [0.4, 0.5) is 0 Å². The Balaban J connectivity index is 2.66. The highest BCUT2D eigenvalue weighted by Gasteiger charge is 2.15. The van der Waals surface area contributed by atoms with Gasteiger partial charge >= 0.3 is 0 Å². The maximum Gasteiger partial charge on any atom is 0.123 e. The molecule has 0 bridgehead atoms. The van der Waals surface area contributed by atoms with Gasteiger partial charge in [-0.3, -0.25) is 0 Å². The molecule has 0 fully saturated rings. The average Bonchev–Trinajstić information content (AvgIpc) is 2.27. The lowest BCUT2D eigenvalue weighted by atomic mass is 9.88. The van der Waals surface area contributed by atoms with Crippen LogP contribution in [-0.2, 0) is 0 Å². The summed E-state index contributed by atoms with van der Waals surface area (Å²) in [5, 5.41) is 0.706. The van der Waals surface area contributed by atoms with E-state index < -0.39 is 0 Å². The van der Waals surface area contributed by atoms with Gasteiger partial charge in [0, 0.05) is 16.6 Å². The first-order valence-corrected chi connectivity index (χ1v) is 6.80. The lowest BCUT2D eigenvalue weighted by Gasteiger charge is -2.20. The molecular formula is C15H24ClNO. The molecular weight excluding hydrogens is 246 g/mol. The molecule has 18 heavy (non-hydrogen) atoms. The summed E-state index contributed by atoms with van der Waals surface area (Å²) in [6.45, 7) is 6.75. The van der Waals surface area contributed by atoms with Crippen LogP contribution in [0.1, 0.15) is 51.6 Å². The molecule has 0 aromatic heterocycles. The molecule has 2 nitrogen and oxygen atoms in total. The van der Waals surface area contributed by atoms with Crippen LogP contribution in [0, 0.1) is 5.41 Å². The van der Waals surface area contributed by atoms with Crippen molar-refractivity contribution >= 4 is 11.6 Å². The van der Waals surface area contributed by atoms with E-state index in [1.54, 1.807) is 7.11 Å². The number of benzene rings is 1. The number of methoxy groups -OCH3 is 1. The van der Waals surface area contributed by atoms with Crippen molar-refractivity contribution in [3.05, 3.63) is 28.8 Å². The molecule has 3 heteroatoms. The monoisotopic (exact) mass is 269 g/mol. The van der Waals surface area contributed by atoms with E-state index in [0.29, 0.717) is 10.4 Å². The smallest absolute Gasteiger partial charge is 0.123 e. The maximum atomic E-state index is 6.23. The normalized spacial score (nSPS) is 13.4. The molecule has 0 saturated heterocycles. The minimum Gasteiger partial charge on any atom is -0.496 e. The second-order valence-electron chi connectivity index (χ2n) is 5.95. The Morgan fingerprint density at radius 3 is 2.56 bits per heavy atom. The second-order valence-corrected chi connectivity index (χ2v) is 6.38. The van der Waals surface area contributed by atoms with Crippen molar-refractivity contribution in [2.24, 2.45) is 11.1 Å². The van der Waals surface area contributed by atoms with Crippen molar-refractivity contribution in [1.82, 2.24) is 0 Å². The van der Waals surface area contributed by atoms with E-state index in [1.165, 1.54) is 6.42 Å². The first kappa shape index (κ1) is 15.3. The van der Waals surface area contributed by atoms with Crippen molar-refractivity contribution < 1.29 is 4.74 Å². The molecule has 1 aromatic carbocycles. The summed E-state index contributed by atoms with van der Waals surface area (Å²) in [4.78, 5) is 0. The van der Waals surface area contributed by atoms with Crippen LogP contribution >= 0.6 is 11.6 Å². The van der Waals surface area contributed by atoms with Crippen molar-refractivity contribution in [1.29, 1.82) is 0 Å². The molecule has 1 aromatic rings. The third-order valence-corrected chi connectivity index (χ3v) is 3.27. The van der Waals surface area contributed by atoms with Gasteiger partial charge in [-0.05, 0) is 36.5 Å². The molecule has 0 saturated carbocycles. The van der Waals surface area contributed by atoms with E-state index in [4.69, 9.17) is 22.1 Å². The summed E-state index contributed by atoms with van der Waals surface area (Å²) in [6, 6.07) is 5.59. The van der Waals surface area contributed by atoms with Crippen molar-refractivity contribution in [3.63, 3.8) is 0 Å². The summed E-state index contributed by atoms with van der Waals surface area (Å²) >= 11 is 6.01. The Morgan fingerprint density at radius 1 is 1.33 bits per heavy atom. The first-order valence-electron chi connectivity index (χ1n) is 6.42. The van der Waals surface area contributed by atoms with Crippen LogP contribution in [0.25, 0.3) is 0 Å². The summed E-state index contributed by atoms with van der Waals surface area (Å²) in [6.07, 6.45) is 3.23. The van der Waals surface area contributed by atoms with Crippen LogP contribution in [0.3, 0.4) is 0 Å². The third-order valence-electron chi connectivity index (χ3n) is 3.03. The predicted molar refractivity (Wildman–Crippen MR) is 78.2 cm³/mol. The molecule has 0 aliphatic heterocycles. The fourth-order valence-electron chi connectivity index (χ4n) is 2.00. The van der Waals surface area contributed by atoms with Crippen LogP contribution < -0.4 is 10.5 Å². The largest absolute Gasteiger partial charge is 0.496 e. The average molecular weight is 270 g/mol. The molecule has 2 N–H and O–H groups in total. The van der Waals surface area contributed by atoms with Crippen LogP contribution in [0.5, 0.6) is 5.75 Å². The van der Waals surface area contributed by atoms with E-state index in [2.05, 4.69) is 20.8 Å². The van der Waals surface area contributed by atoms with Crippen molar-refractivity contribution in [2.75, 3.05) is 7.11 Å². The number of hydrogen-bond acceptors (Lipinski definition) is 2. The molecule has 102 valence electrons. The first-order chi connectivity index (χ1) is 8.33. The summed E-state index contributed by atoms with van der Waals surface area (Å²) in [5.74, 6) is 0.822. The van der Waals surface area contributed by atoms with Crippen LogP contribution in [-0.4, -0.2) is 7.11 Å². The third kappa shape index (κ3) is 4.87. The van der Waals surface area contributed by atoms with Gasteiger partial charge in [0.05, 0.1) is 7.11 Å². The van der Waals surface area contributed by atoms with Gasteiger partial charge in [-0.25, -0.2) is 0 Å². The Labute approximate surface area is 115 Å². The lowest BCUT2D eigenvalue weighted by molar-refractivity contribution is 0.350. The Bertz CT molecular complexity index is 385. The standard InChI is InChI=1S/C15H24ClNO/c1-15(2,3)9-5-6-13(17)12-10-11(16)7-8-14(12)18-4/h7-8,10,13H,5-6,9,17H2,1-4H3. The van der Waals surface area contributed by atoms with Crippen LogP contribution in [0.15, 0.2) is 18.2 Å². The molecule has 0 aliphatic rings. The van der Waals surface area contributed by atoms with Gasteiger partial charge in [-0.15, -0.1) is 0 Å². The van der Waals surface area contributed by atoms with Crippen molar-refractivity contribution in [3.8, 4) is 5.75 Å². The molecule has 0 heterocycles. The molecule has 1 rings (SSSR count). The highest BCUT2D eigenvalue weighted by Crippen LogP contribution is 2.31. The van der Waals surface area contributed by atoms with E-state index in [1.807, 2.05) is 18.2 Å². The molecule has 0 amide bonds. The zero-order valence-corrected chi connectivity index (χ0v) is 12.6. The Morgan fingerprint density at radius 2 is 2.00 bits per heavy atom. The fraction of sp³-hybridized carbons (Fsp3) is 0.600. The highest BCUT2D eigenvalue weighted by molar-refractivity contribution is 6.30. The topological polar surface area (TPSA) is 35.2 Å². The Hall–Kier alpha value is -0.730. The highest BCUT2D eigenvalue weighted by atomic mass is 35.5. The van der Waals surface area contributed by atoms with Gasteiger partial charge in [-0.2, -0.15) is 0 Å². The van der Waals surface area contributed by atoms with E-state index in [9.17, 15) is 0 Å². The summed E-state index contributed by atoms with van der Waals surface area (Å²) < 4.78 is 5.33. The molecule has 1 unspecified atom stereocenters. The minimum atomic E-state index is -0.0130. The Kier molecular flexibility index (Phi) is 5.48. The van der Waals surface area contributed by atoms with Gasteiger partial charge < -0.3 is 10.5 Å². The lowest BCUT2D eigenvalue weighted by Crippen LogP contribution is -2.13. The number of rotatable bonds is 5. The van der Waals surface area contributed by atoms with E-state index in [0.717, 1.165) is 24.2 Å². The number of nitrogens with two attached hydrogens (primary N) is 1. The van der Waals surface area contributed by atoms with Crippen LogP contribution in [0.2, 0.25) is 5.02 Å². The molecule has 0 spiro atoms. The van der Waals surface area contributed by atoms with Gasteiger partial charge in [0.25, 0.3) is 0 Å². The molecule has 0 aliphatic carbocycles. The number of halogens is 1. The number of ether oxygens (including phenoxy) is 1.